The number of rotatable bonds is 7. The van der Waals surface area contributed by atoms with Crippen LogP contribution in [0.1, 0.15) is 19.4 Å². The average molecular weight is 489 g/mol. The Morgan fingerprint density at radius 1 is 1.25 bits per heavy atom. The van der Waals surface area contributed by atoms with Gasteiger partial charge in [0.05, 0.1) is 23.3 Å². The van der Waals surface area contributed by atoms with Gasteiger partial charge in [-0.1, -0.05) is 6.92 Å². The topological polar surface area (TPSA) is 104 Å². The monoisotopic (exact) mass is 489 g/mol. The van der Waals surface area contributed by atoms with Crippen molar-refractivity contribution in [2.24, 2.45) is 5.16 Å². The number of hydrogen-bond donors (Lipinski definition) is 0. The highest BCUT2D eigenvalue weighted by molar-refractivity contribution is 8.00. The smallest absolute Gasteiger partial charge is 0.446 e. The van der Waals surface area contributed by atoms with E-state index in [1.54, 1.807) is 6.92 Å². The van der Waals surface area contributed by atoms with E-state index < -0.39 is 15.3 Å². The second-order valence-corrected chi connectivity index (χ2v) is 9.57. The number of thioether (sulfide) groups is 1. The van der Waals surface area contributed by atoms with Gasteiger partial charge in [0.25, 0.3) is 5.90 Å². The van der Waals surface area contributed by atoms with Gasteiger partial charge in [-0.15, -0.1) is 0 Å². The molecule has 0 saturated carbocycles. The molecule has 0 amide bonds. The fraction of sp³-hybridized carbons (Fsp3) is 0.316. The highest BCUT2D eigenvalue weighted by atomic mass is 32.2. The summed E-state index contributed by atoms with van der Waals surface area (Å²) in [6.45, 7) is 3.46. The second-order valence-electron chi connectivity index (χ2n) is 6.19. The summed E-state index contributed by atoms with van der Waals surface area (Å²) in [6, 6.07) is 5.09. The molecular formula is C19H18F3N3O5S2. The molecule has 13 heteroatoms. The molecule has 0 aliphatic heterocycles. The molecule has 0 N–H and O–H groups in total. The van der Waals surface area contributed by atoms with E-state index in [9.17, 15) is 21.6 Å². The van der Waals surface area contributed by atoms with Crippen LogP contribution in [0.4, 0.5) is 13.2 Å². The Hall–Kier alpha value is -2.80. The molecule has 2 aromatic heterocycles. The molecular weight excluding hydrogens is 471 g/mol. The Balaban J connectivity index is 2.13. The Labute approximate surface area is 185 Å². The lowest BCUT2D eigenvalue weighted by Crippen LogP contribution is -2.11. The summed E-state index contributed by atoms with van der Waals surface area (Å²) in [7, 11) is -2.45. The quantitative estimate of drug-likeness (QED) is 0.205. The number of alkyl halides is 3. The van der Waals surface area contributed by atoms with E-state index >= 15 is 0 Å². The zero-order valence-corrected chi connectivity index (χ0v) is 18.8. The minimum atomic E-state index is -4.46. The van der Waals surface area contributed by atoms with Crippen LogP contribution in [0.2, 0.25) is 0 Å². The van der Waals surface area contributed by atoms with Crippen molar-refractivity contribution in [2.75, 3.05) is 19.5 Å². The molecule has 0 saturated heterocycles. The Morgan fingerprint density at radius 3 is 2.62 bits per heavy atom. The molecule has 3 rings (SSSR count). The largest absolute Gasteiger partial charge is 0.478 e. The molecule has 0 atom stereocenters. The van der Waals surface area contributed by atoms with Crippen LogP contribution >= 0.6 is 11.8 Å². The third kappa shape index (κ3) is 5.33. The molecule has 1 aromatic carbocycles. The predicted molar refractivity (Wildman–Crippen MR) is 112 cm³/mol. The van der Waals surface area contributed by atoms with E-state index in [1.165, 1.54) is 44.5 Å². The first-order valence-corrected chi connectivity index (χ1v) is 11.7. The number of nitrogens with zero attached hydrogens (tertiary/aromatic N) is 3. The van der Waals surface area contributed by atoms with Crippen molar-refractivity contribution < 1.29 is 35.6 Å². The summed E-state index contributed by atoms with van der Waals surface area (Å²) in [4.78, 5) is 13.0. The van der Waals surface area contributed by atoms with Gasteiger partial charge in [-0.2, -0.15) is 13.2 Å². The summed E-state index contributed by atoms with van der Waals surface area (Å²) in [5.74, 6) is -0.360. The zero-order chi connectivity index (χ0) is 23.5. The van der Waals surface area contributed by atoms with Crippen molar-refractivity contribution in [3.63, 3.8) is 0 Å². The van der Waals surface area contributed by atoms with Gasteiger partial charge in [0.2, 0.25) is 5.89 Å². The van der Waals surface area contributed by atoms with E-state index in [1.807, 2.05) is 0 Å². The lowest BCUT2D eigenvalue weighted by Gasteiger charge is -2.09. The van der Waals surface area contributed by atoms with Crippen LogP contribution in [0.3, 0.4) is 0 Å². The van der Waals surface area contributed by atoms with Gasteiger partial charge in [0, 0.05) is 11.1 Å². The normalized spacial score (nSPS) is 12.9. The number of benzene rings is 1. The number of halogens is 3. The van der Waals surface area contributed by atoms with Gasteiger partial charge >= 0.3 is 5.51 Å². The van der Waals surface area contributed by atoms with Crippen LogP contribution < -0.4 is 0 Å². The standard InChI is InChI=1S/C19H18F3N3O5S2/c1-4-29-25-17(28-3)11-8-15(32(26,27)5-2)16(23-10-11)18-24-13-9-12(31-19(20,21)22)6-7-14(13)30-18/h6-10H,4-5H2,1-3H3/b25-17-. The third-order valence-electron chi connectivity index (χ3n) is 4.08. The Kier molecular flexibility index (Phi) is 6.98. The first kappa shape index (κ1) is 23.9. The molecule has 0 aliphatic carbocycles. The molecule has 32 heavy (non-hydrogen) atoms. The number of methoxy groups -OCH3 is 1. The molecule has 0 bridgehead atoms. The molecule has 0 unspecified atom stereocenters. The van der Waals surface area contributed by atoms with Gasteiger partial charge in [0.1, 0.15) is 17.8 Å². The Bertz CT molecular complexity index is 1260. The number of oxime groups is 1. The van der Waals surface area contributed by atoms with Crippen LogP contribution in [0.15, 0.2) is 49.8 Å². The van der Waals surface area contributed by atoms with Crippen molar-refractivity contribution in [2.45, 2.75) is 29.1 Å². The molecule has 0 radical (unpaired) electrons. The van der Waals surface area contributed by atoms with E-state index in [2.05, 4.69) is 15.1 Å². The number of ether oxygens (including phenoxy) is 1. The van der Waals surface area contributed by atoms with Crippen LogP contribution in [0.25, 0.3) is 22.7 Å². The predicted octanol–water partition coefficient (Wildman–Crippen LogP) is 4.64. The lowest BCUT2D eigenvalue weighted by molar-refractivity contribution is -0.0328. The molecule has 0 aliphatic rings. The number of oxazole rings is 1. The van der Waals surface area contributed by atoms with Crippen LogP contribution in [-0.2, 0) is 19.4 Å². The molecule has 2 heterocycles. The molecule has 172 valence electrons. The fourth-order valence-electron chi connectivity index (χ4n) is 2.65. The minimum absolute atomic E-state index is 0.0184. The summed E-state index contributed by atoms with van der Waals surface area (Å²) in [6.07, 6.45) is 1.31. The van der Waals surface area contributed by atoms with Crippen molar-refractivity contribution in [1.29, 1.82) is 0 Å². The maximum atomic E-state index is 12.7. The van der Waals surface area contributed by atoms with Crippen molar-refractivity contribution in [1.82, 2.24) is 9.97 Å². The number of fused-ring (bicyclic) bond motifs is 1. The maximum absolute atomic E-state index is 12.7. The van der Waals surface area contributed by atoms with Crippen molar-refractivity contribution in [3.05, 3.63) is 36.0 Å². The van der Waals surface area contributed by atoms with E-state index in [0.717, 1.165) is 0 Å². The summed E-state index contributed by atoms with van der Waals surface area (Å²) < 4.78 is 74.2. The van der Waals surface area contributed by atoms with Crippen molar-refractivity contribution >= 4 is 38.6 Å². The van der Waals surface area contributed by atoms with E-state index in [-0.39, 0.29) is 68.1 Å². The van der Waals surface area contributed by atoms with Crippen LogP contribution in [0.5, 0.6) is 0 Å². The first-order valence-electron chi connectivity index (χ1n) is 9.21. The summed E-state index contributed by atoms with van der Waals surface area (Å²) in [5.41, 5.74) is -3.97. The SMILES string of the molecule is CCO/N=C(\OC)c1cnc(-c2nc3cc(SC(F)(F)F)ccc3o2)c(S(=O)(=O)CC)c1. The van der Waals surface area contributed by atoms with Crippen LogP contribution in [0, 0.1) is 0 Å². The summed E-state index contributed by atoms with van der Waals surface area (Å²) in [5, 5.41) is 3.78. The lowest BCUT2D eigenvalue weighted by atomic mass is 10.2. The maximum Gasteiger partial charge on any atom is 0.446 e. The van der Waals surface area contributed by atoms with Gasteiger partial charge in [-0.05, 0) is 48.1 Å². The molecule has 3 aromatic rings. The van der Waals surface area contributed by atoms with E-state index in [4.69, 9.17) is 14.0 Å². The number of pyridine rings is 1. The van der Waals surface area contributed by atoms with Gasteiger partial charge < -0.3 is 14.0 Å². The summed E-state index contributed by atoms with van der Waals surface area (Å²) >= 11 is -0.286. The number of hydrogen-bond acceptors (Lipinski definition) is 9. The van der Waals surface area contributed by atoms with Gasteiger partial charge in [-0.3, -0.25) is 0 Å². The highest BCUT2D eigenvalue weighted by Crippen LogP contribution is 2.38. The second kappa shape index (κ2) is 9.36. The van der Waals surface area contributed by atoms with Crippen LogP contribution in [-0.4, -0.2) is 49.3 Å². The van der Waals surface area contributed by atoms with Crippen molar-refractivity contribution in [3.8, 4) is 11.6 Å². The minimum Gasteiger partial charge on any atom is -0.478 e. The van der Waals surface area contributed by atoms with Gasteiger partial charge in [0.15, 0.2) is 15.4 Å². The Morgan fingerprint density at radius 2 is 2.00 bits per heavy atom. The molecule has 0 spiro atoms. The third-order valence-corrected chi connectivity index (χ3v) is 6.54. The number of aromatic nitrogens is 2. The zero-order valence-electron chi connectivity index (χ0n) is 17.1. The molecule has 0 fully saturated rings. The molecule has 8 nitrogen and oxygen atoms in total. The number of sulfone groups is 1. The highest BCUT2D eigenvalue weighted by Gasteiger charge is 2.30. The van der Waals surface area contributed by atoms with E-state index in [0.29, 0.717) is 0 Å². The fourth-order valence-corrected chi connectivity index (χ4v) is 4.28. The van der Waals surface area contributed by atoms with Gasteiger partial charge in [-0.25, -0.2) is 18.4 Å². The first-order chi connectivity index (χ1) is 15.1. The average Bonchev–Trinajstić information content (AvgIpc) is 3.16.